The molecule has 27 heavy (non-hydrogen) atoms. The molecule has 0 bridgehead atoms. The molecule has 0 aliphatic carbocycles. The second-order valence-electron chi connectivity index (χ2n) is 7.17. The molecule has 0 spiro atoms. The number of piperazine rings is 1. The molecule has 0 saturated carbocycles. The molecule has 0 radical (unpaired) electrons. The smallest absolute Gasteiger partial charge is 0.152 e. The van der Waals surface area contributed by atoms with E-state index in [1.807, 2.05) is 24.6 Å². The Morgan fingerprint density at radius 1 is 0.963 bits per heavy atom. The van der Waals surface area contributed by atoms with Crippen molar-refractivity contribution >= 4 is 39.2 Å². The van der Waals surface area contributed by atoms with Crippen LogP contribution in [0.2, 0.25) is 5.02 Å². The van der Waals surface area contributed by atoms with Crippen molar-refractivity contribution in [3.05, 3.63) is 65.5 Å². The van der Waals surface area contributed by atoms with Gasteiger partial charge in [0.05, 0.1) is 11.3 Å². The number of hydrogen-bond donors (Lipinski definition) is 1. The first-order valence-electron chi connectivity index (χ1n) is 9.47. The topological polar surface area (TPSA) is 35.4 Å². The van der Waals surface area contributed by atoms with E-state index in [-0.39, 0.29) is 0 Å². The van der Waals surface area contributed by atoms with E-state index in [0.29, 0.717) is 5.02 Å². The Hall–Kier alpha value is -2.43. The number of anilines is 1. The predicted molar refractivity (Wildman–Crippen MR) is 112 cm³/mol. The number of halogens is 1. The zero-order valence-electron chi connectivity index (χ0n) is 15.1. The van der Waals surface area contributed by atoms with Crippen LogP contribution in [0.5, 0.6) is 0 Å². The van der Waals surface area contributed by atoms with Crippen LogP contribution in [0.1, 0.15) is 5.56 Å². The van der Waals surface area contributed by atoms with Gasteiger partial charge in [-0.2, -0.15) is 0 Å². The van der Waals surface area contributed by atoms with Crippen LogP contribution in [0.3, 0.4) is 0 Å². The van der Waals surface area contributed by atoms with E-state index in [9.17, 15) is 0 Å². The zero-order chi connectivity index (χ0) is 18.2. The summed E-state index contributed by atoms with van der Waals surface area (Å²) in [5.74, 6) is 0. The molecule has 4 aromatic rings. The third-order valence-corrected chi connectivity index (χ3v) is 5.91. The van der Waals surface area contributed by atoms with Crippen LogP contribution in [0.25, 0.3) is 21.9 Å². The molecule has 4 nitrogen and oxygen atoms in total. The monoisotopic (exact) mass is 379 g/mol. The van der Waals surface area contributed by atoms with Gasteiger partial charge in [-0.15, -0.1) is 0 Å². The number of aromatic amines is 1. The first-order chi connectivity index (χ1) is 13.3. The van der Waals surface area contributed by atoms with Crippen molar-refractivity contribution in [2.24, 2.45) is 0 Å². The van der Waals surface area contributed by atoms with Crippen molar-refractivity contribution in [1.29, 1.82) is 0 Å². The molecule has 5 heteroatoms. The second-order valence-corrected chi connectivity index (χ2v) is 7.58. The maximum absolute atomic E-state index is 6.21. The van der Waals surface area contributed by atoms with Gasteiger partial charge < -0.3 is 14.3 Å². The number of furan rings is 1. The number of para-hydroxylation sites is 1. The van der Waals surface area contributed by atoms with E-state index in [2.05, 4.69) is 45.1 Å². The number of fused-ring (bicyclic) bond motifs is 2. The molecule has 1 fully saturated rings. The van der Waals surface area contributed by atoms with Crippen LogP contribution < -0.4 is 4.90 Å². The normalized spacial score (nSPS) is 15.8. The molecular weight excluding hydrogens is 358 g/mol. The summed E-state index contributed by atoms with van der Waals surface area (Å²) >= 11 is 6.21. The maximum Gasteiger partial charge on any atom is 0.152 e. The van der Waals surface area contributed by atoms with Gasteiger partial charge >= 0.3 is 0 Å². The van der Waals surface area contributed by atoms with Gasteiger partial charge in [-0.1, -0.05) is 29.8 Å². The van der Waals surface area contributed by atoms with E-state index in [0.717, 1.165) is 50.1 Å². The van der Waals surface area contributed by atoms with Gasteiger partial charge in [-0.3, -0.25) is 4.90 Å². The number of nitrogens with zero attached hydrogens (tertiary/aromatic N) is 2. The molecule has 1 N–H and O–H groups in total. The minimum Gasteiger partial charge on any atom is -0.462 e. The predicted octanol–water partition coefficient (Wildman–Crippen LogP) is 4.93. The molecular formula is C22H22ClN3O. The molecule has 0 atom stereocenters. The fraction of sp³-hybridized carbons (Fsp3) is 0.273. The lowest BCUT2D eigenvalue weighted by Gasteiger charge is -2.36. The number of nitrogens with one attached hydrogen (secondary N) is 1. The van der Waals surface area contributed by atoms with Gasteiger partial charge in [0.2, 0.25) is 0 Å². The molecule has 1 saturated heterocycles. The quantitative estimate of drug-likeness (QED) is 0.546. The van der Waals surface area contributed by atoms with Crippen molar-refractivity contribution in [2.45, 2.75) is 6.42 Å². The second kappa shape index (κ2) is 6.95. The van der Waals surface area contributed by atoms with Crippen molar-refractivity contribution in [1.82, 2.24) is 9.88 Å². The summed E-state index contributed by atoms with van der Waals surface area (Å²) < 4.78 is 5.67. The average Bonchev–Trinajstić information content (AvgIpc) is 3.34. The molecule has 2 aromatic heterocycles. The summed E-state index contributed by atoms with van der Waals surface area (Å²) in [6, 6.07) is 14.6. The summed E-state index contributed by atoms with van der Waals surface area (Å²) in [4.78, 5) is 8.35. The summed E-state index contributed by atoms with van der Waals surface area (Å²) in [6.45, 7) is 5.32. The van der Waals surface area contributed by atoms with Gasteiger partial charge in [0.1, 0.15) is 0 Å². The SMILES string of the molecule is Clc1cccc2c(CCN3CCN(c4cccc5[nH]ccc45)CC3)coc12. The number of rotatable bonds is 4. The van der Waals surface area contributed by atoms with Crippen LogP contribution in [-0.2, 0) is 6.42 Å². The minimum absolute atomic E-state index is 0.686. The van der Waals surface area contributed by atoms with Gasteiger partial charge in [0.15, 0.2) is 5.58 Å². The summed E-state index contributed by atoms with van der Waals surface area (Å²) in [6.07, 6.45) is 4.87. The first kappa shape index (κ1) is 16.7. The number of hydrogen-bond acceptors (Lipinski definition) is 3. The molecule has 0 unspecified atom stereocenters. The number of H-pyrrole nitrogens is 1. The molecule has 138 valence electrons. The van der Waals surface area contributed by atoms with Gasteiger partial charge in [-0.05, 0) is 36.2 Å². The third kappa shape index (κ3) is 3.09. The highest BCUT2D eigenvalue weighted by Crippen LogP contribution is 2.29. The summed E-state index contributed by atoms with van der Waals surface area (Å²) in [5.41, 5.74) is 4.59. The third-order valence-electron chi connectivity index (χ3n) is 5.61. The highest BCUT2D eigenvalue weighted by Gasteiger charge is 2.19. The lowest BCUT2D eigenvalue weighted by molar-refractivity contribution is 0.261. The molecule has 0 amide bonds. The van der Waals surface area contributed by atoms with Crippen LogP contribution in [-0.4, -0.2) is 42.6 Å². The Kier molecular flexibility index (Phi) is 4.30. The average molecular weight is 380 g/mol. The Balaban J connectivity index is 1.23. The van der Waals surface area contributed by atoms with E-state index >= 15 is 0 Å². The minimum atomic E-state index is 0.686. The molecule has 1 aliphatic heterocycles. The Bertz CT molecular complexity index is 1080. The van der Waals surface area contributed by atoms with Crippen molar-refractivity contribution in [2.75, 3.05) is 37.6 Å². The summed E-state index contributed by atoms with van der Waals surface area (Å²) in [7, 11) is 0. The largest absolute Gasteiger partial charge is 0.462 e. The van der Waals surface area contributed by atoms with E-state index in [1.54, 1.807) is 0 Å². The van der Waals surface area contributed by atoms with E-state index < -0.39 is 0 Å². The van der Waals surface area contributed by atoms with Crippen LogP contribution in [0.4, 0.5) is 5.69 Å². The first-order valence-corrected chi connectivity index (χ1v) is 9.85. The van der Waals surface area contributed by atoms with Crippen LogP contribution in [0, 0.1) is 0 Å². The Labute approximate surface area is 163 Å². The van der Waals surface area contributed by atoms with E-state index in [1.165, 1.54) is 22.2 Å². The Morgan fingerprint density at radius 2 is 1.81 bits per heavy atom. The van der Waals surface area contributed by atoms with Crippen LogP contribution in [0.15, 0.2) is 59.3 Å². The van der Waals surface area contributed by atoms with Crippen molar-refractivity contribution in [3.63, 3.8) is 0 Å². The van der Waals surface area contributed by atoms with Gasteiger partial charge in [-0.25, -0.2) is 0 Å². The van der Waals surface area contributed by atoms with E-state index in [4.69, 9.17) is 16.0 Å². The summed E-state index contributed by atoms with van der Waals surface area (Å²) in [5, 5.41) is 3.14. The highest BCUT2D eigenvalue weighted by molar-refractivity contribution is 6.34. The number of aromatic nitrogens is 1. The van der Waals surface area contributed by atoms with Gasteiger partial charge in [0, 0.05) is 60.9 Å². The maximum atomic E-state index is 6.21. The zero-order valence-corrected chi connectivity index (χ0v) is 15.9. The lowest BCUT2D eigenvalue weighted by Crippen LogP contribution is -2.47. The highest BCUT2D eigenvalue weighted by atomic mass is 35.5. The van der Waals surface area contributed by atoms with Crippen molar-refractivity contribution in [3.8, 4) is 0 Å². The lowest BCUT2D eigenvalue weighted by atomic mass is 10.1. The Morgan fingerprint density at radius 3 is 2.70 bits per heavy atom. The molecule has 1 aliphatic rings. The molecule has 3 heterocycles. The molecule has 2 aromatic carbocycles. The fourth-order valence-electron chi connectivity index (χ4n) is 4.10. The molecule has 5 rings (SSSR count). The number of benzene rings is 2. The van der Waals surface area contributed by atoms with Gasteiger partial charge in [0.25, 0.3) is 0 Å². The fourth-order valence-corrected chi connectivity index (χ4v) is 4.32. The van der Waals surface area contributed by atoms with Crippen LogP contribution >= 0.6 is 11.6 Å². The standard InChI is InChI=1S/C22H22ClN3O/c23-19-4-1-3-17-16(15-27-22(17)19)8-10-25-11-13-26(14-12-25)21-6-2-5-20-18(21)7-9-24-20/h1-7,9,15,24H,8,10-14H2. The van der Waals surface area contributed by atoms with Crippen molar-refractivity contribution < 1.29 is 4.42 Å².